The lowest BCUT2D eigenvalue weighted by Gasteiger charge is -2.20. The molecule has 0 radical (unpaired) electrons. The molecule has 1 aliphatic heterocycles. The van der Waals surface area contributed by atoms with Crippen molar-refractivity contribution in [3.05, 3.63) is 5.28 Å². The van der Waals surface area contributed by atoms with Gasteiger partial charge in [0.1, 0.15) is 0 Å². The van der Waals surface area contributed by atoms with Crippen molar-refractivity contribution in [1.29, 1.82) is 0 Å². The highest BCUT2D eigenvalue weighted by molar-refractivity contribution is 6.28. The number of rotatable bonds is 5. The quantitative estimate of drug-likeness (QED) is 0.884. The molecule has 1 atom stereocenters. The summed E-state index contributed by atoms with van der Waals surface area (Å²) in [6, 6.07) is 0.394. The van der Waals surface area contributed by atoms with Crippen LogP contribution in [0.1, 0.15) is 19.8 Å². The van der Waals surface area contributed by atoms with E-state index in [2.05, 4.69) is 37.0 Å². The van der Waals surface area contributed by atoms with E-state index in [4.69, 9.17) is 11.6 Å². The van der Waals surface area contributed by atoms with Crippen LogP contribution in [0.3, 0.4) is 0 Å². The highest BCUT2D eigenvalue weighted by atomic mass is 35.5. The van der Waals surface area contributed by atoms with E-state index in [-0.39, 0.29) is 5.28 Å². The van der Waals surface area contributed by atoms with E-state index >= 15 is 0 Å². The average Bonchev–Trinajstić information content (AvgIpc) is 2.89. The first-order valence-corrected chi connectivity index (χ1v) is 7.01. The molecule has 2 heterocycles. The van der Waals surface area contributed by atoms with Crippen LogP contribution in [0.4, 0.5) is 11.9 Å². The summed E-state index contributed by atoms with van der Waals surface area (Å²) in [4.78, 5) is 17.0. The third-order valence-electron chi connectivity index (χ3n) is 3.42. The Balaban J connectivity index is 2.04. The van der Waals surface area contributed by atoms with Gasteiger partial charge in [0.05, 0.1) is 0 Å². The Kier molecular flexibility index (Phi) is 4.76. The van der Waals surface area contributed by atoms with Crippen molar-refractivity contribution in [2.75, 3.05) is 43.9 Å². The largest absolute Gasteiger partial charge is 0.352 e. The molecule has 1 aromatic heterocycles. The van der Waals surface area contributed by atoms with Gasteiger partial charge in [0.2, 0.25) is 17.2 Å². The number of aromatic nitrogens is 3. The Bertz CT molecular complexity index is 419. The molecular weight excluding hydrogens is 264 g/mol. The van der Waals surface area contributed by atoms with E-state index in [1.54, 1.807) is 0 Å². The van der Waals surface area contributed by atoms with Gasteiger partial charge in [-0.3, -0.25) is 0 Å². The molecule has 1 saturated heterocycles. The van der Waals surface area contributed by atoms with Crippen molar-refractivity contribution in [3.63, 3.8) is 0 Å². The molecule has 0 spiro atoms. The number of anilines is 2. The molecule has 0 aliphatic carbocycles. The van der Waals surface area contributed by atoms with Crippen LogP contribution in [0.2, 0.25) is 5.28 Å². The van der Waals surface area contributed by atoms with Gasteiger partial charge in [0.25, 0.3) is 0 Å². The van der Waals surface area contributed by atoms with Gasteiger partial charge >= 0.3 is 0 Å². The molecule has 0 bridgehead atoms. The van der Waals surface area contributed by atoms with E-state index in [9.17, 15) is 0 Å². The standard InChI is InChI=1S/C12H21ClN6/c1-9(18(2)3)8-14-11-15-10(13)16-12(17-11)19-6-4-5-7-19/h9H,4-8H2,1-3H3,(H,14,15,16,17). The number of hydrogen-bond acceptors (Lipinski definition) is 6. The third-order valence-corrected chi connectivity index (χ3v) is 3.59. The maximum Gasteiger partial charge on any atom is 0.231 e. The van der Waals surface area contributed by atoms with Gasteiger partial charge in [0.15, 0.2) is 0 Å². The van der Waals surface area contributed by atoms with E-state index in [1.165, 1.54) is 12.8 Å². The van der Waals surface area contributed by atoms with Gasteiger partial charge in [-0.15, -0.1) is 0 Å². The number of nitrogens with zero attached hydrogens (tertiary/aromatic N) is 5. The predicted molar refractivity (Wildman–Crippen MR) is 77.9 cm³/mol. The summed E-state index contributed by atoms with van der Waals surface area (Å²) in [6.07, 6.45) is 2.37. The Morgan fingerprint density at radius 3 is 2.58 bits per heavy atom. The summed E-state index contributed by atoms with van der Waals surface area (Å²) in [5.74, 6) is 1.23. The van der Waals surface area contributed by atoms with Gasteiger partial charge < -0.3 is 15.1 Å². The maximum absolute atomic E-state index is 5.97. The van der Waals surface area contributed by atoms with Crippen molar-refractivity contribution in [3.8, 4) is 0 Å². The first-order chi connectivity index (χ1) is 9.06. The Morgan fingerprint density at radius 1 is 1.26 bits per heavy atom. The van der Waals surface area contributed by atoms with Crippen molar-refractivity contribution in [1.82, 2.24) is 19.9 Å². The zero-order valence-corrected chi connectivity index (χ0v) is 12.5. The molecule has 1 unspecified atom stereocenters. The topological polar surface area (TPSA) is 57.2 Å². The van der Waals surface area contributed by atoms with Gasteiger partial charge in [-0.25, -0.2) is 0 Å². The number of halogens is 1. The normalized spacial score (nSPS) is 17.0. The zero-order valence-electron chi connectivity index (χ0n) is 11.7. The monoisotopic (exact) mass is 284 g/mol. The molecule has 1 fully saturated rings. The van der Waals surface area contributed by atoms with Crippen LogP contribution < -0.4 is 10.2 Å². The molecule has 106 valence electrons. The fourth-order valence-corrected chi connectivity index (χ4v) is 2.05. The van der Waals surface area contributed by atoms with Gasteiger partial charge in [-0.2, -0.15) is 15.0 Å². The minimum Gasteiger partial charge on any atom is -0.352 e. The highest BCUT2D eigenvalue weighted by Gasteiger charge is 2.17. The Hall–Kier alpha value is -1.14. The second kappa shape index (κ2) is 6.34. The minimum absolute atomic E-state index is 0.247. The average molecular weight is 285 g/mol. The lowest BCUT2D eigenvalue weighted by Crippen LogP contribution is -2.32. The Morgan fingerprint density at radius 2 is 1.95 bits per heavy atom. The molecule has 7 heteroatoms. The summed E-state index contributed by atoms with van der Waals surface area (Å²) in [7, 11) is 4.09. The van der Waals surface area contributed by atoms with Crippen molar-refractivity contribution >= 4 is 23.5 Å². The van der Waals surface area contributed by atoms with Gasteiger partial charge in [-0.05, 0) is 45.5 Å². The summed E-state index contributed by atoms with van der Waals surface area (Å²) in [5.41, 5.74) is 0. The molecule has 1 aliphatic rings. The molecule has 19 heavy (non-hydrogen) atoms. The summed E-state index contributed by atoms with van der Waals surface area (Å²) >= 11 is 5.97. The molecule has 2 rings (SSSR count). The van der Waals surface area contributed by atoms with Crippen LogP contribution in [-0.4, -0.2) is 59.6 Å². The maximum atomic E-state index is 5.97. The number of hydrogen-bond donors (Lipinski definition) is 1. The molecule has 6 nitrogen and oxygen atoms in total. The lowest BCUT2D eigenvalue weighted by molar-refractivity contribution is 0.325. The van der Waals surface area contributed by atoms with E-state index in [0.717, 1.165) is 19.6 Å². The highest BCUT2D eigenvalue weighted by Crippen LogP contribution is 2.18. The van der Waals surface area contributed by atoms with Crippen molar-refractivity contribution in [2.24, 2.45) is 0 Å². The molecular formula is C12H21ClN6. The molecule has 1 aromatic rings. The number of nitrogens with one attached hydrogen (secondary N) is 1. The summed E-state index contributed by atoms with van der Waals surface area (Å²) < 4.78 is 0. The van der Waals surface area contributed by atoms with E-state index in [0.29, 0.717) is 17.9 Å². The van der Waals surface area contributed by atoms with E-state index in [1.807, 2.05) is 14.1 Å². The summed E-state index contributed by atoms with van der Waals surface area (Å²) in [5, 5.41) is 3.46. The fraction of sp³-hybridized carbons (Fsp3) is 0.750. The first kappa shape index (κ1) is 14.3. The van der Waals surface area contributed by atoms with Crippen LogP contribution in [0.15, 0.2) is 0 Å². The van der Waals surface area contributed by atoms with Crippen LogP contribution in [0.25, 0.3) is 0 Å². The minimum atomic E-state index is 0.247. The molecule has 0 aromatic carbocycles. The lowest BCUT2D eigenvalue weighted by atomic mass is 10.3. The zero-order chi connectivity index (χ0) is 13.8. The molecule has 1 N–H and O–H groups in total. The second-order valence-corrected chi connectivity index (χ2v) is 5.45. The smallest absolute Gasteiger partial charge is 0.231 e. The SMILES string of the molecule is CC(CNc1nc(Cl)nc(N2CCCC2)n1)N(C)C. The van der Waals surface area contributed by atoms with Crippen LogP contribution in [0, 0.1) is 0 Å². The third kappa shape index (κ3) is 3.91. The summed E-state index contributed by atoms with van der Waals surface area (Å²) in [6.45, 7) is 4.89. The van der Waals surface area contributed by atoms with Crippen molar-refractivity contribution < 1.29 is 0 Å². The Labute approximate surface area is 119 Å². The predicted octanol–water partition coefficient (Wildman–Crippen LogP) is 1.49. The molecule has 0 amide bonds. The number of likely N-dealkylation sites (N-methyl/N-ethyl adjacent to an activating group) is 1. The van der Waals surface area contributed by atoms with Crippen LogP contribution >= 0.6 is 11.6 Å². The van der Waals surface area contributed by atoms with Gasteiger partial charge in [0, 0.05) is 25.7 Å². The van der Waals surface area contributed by atoms with Crippen LogP contribution in [-0.2, 0) is 0 Å². The fourth-order valence-electron chi connectivity index (χ4n) is 1.90. The van der Waals surface area contributed by atoms with Crippen LogP contribution in [0.5, 0.6) is 0 Å². The van der Waals surface area contributed by atoms with Crippen molar-refractivity contribution in [2.45, 2.75) is 25.8 Å². The molecule has 0 saturated carbocycles. The van der Waals surface area contributed by atoms with Gasteiger partial charge in [-0.1, -0.05) is 0 Å². The first-order valence-electron chi connectivity index (χ1n) is 6.63. The second-order valence-electron chi connectivity index (χ2n) is 5.12. The van der Waals surface area contributed by atoms with E-state index < -0.39 is 0 Å².